The smallest absolute Gasteiger partial charge is 0.193 e. The third-order valence-corrected chi connectivity index (χ3v) is 3.51. The van der Waals surface area contributed by atoms with Gasteiger partial charge in [-0.25, -0.2) is 0 Å². The van der Waals surface area contributed by atoms with Crippen molar-refractivity contribution < 1.29 is 0 Å². The number of benzene rings is 2. The molecule has 0 aliphatic carbocycles. The van der Waals surface area contributed by atoms with Gasteiger partial charge in [0, 0.05) is 18.2 Å². The SMILES string of the molecule is Cc1ccc(NC(N)=NCC(C)c2ccc(C)cc2)cc1.I. The second kappa shape index (κ2) is 8.78. The molecule has 0 bridgehead atoms. The molecule has 0 heterocycles. The van der Waals surface area contributed by atoms with Crippen molar-refractivity contribution in [1.29, 1.82) is 0 Å². The predicted molar refractivity (Wildman–Crippen MR) is 106 cm³/mol. The zero-order chi connectivity index (χ0) is 15.2. The summed E-state index contributed by atoms with van der Waals surface area (Å²) >= 11 is 0. The van der Waals surface area contributed by atoms with E-state index in [1.54, 1.807) is 0 Å². The van der Waals surface area contributed by atoms with Crippen molar-refractivity contribution in [2.45, 2.75) is 26.7 Å². The van der Waals surface area contributed by atoms with Gasteiger partial charge in [-0.05, 0) is 31.5 Å². The first-order valence-corrected chi connectivity index (χ1v) is 7.25. The lowest BCUT2D eigenvalue weighted by molar-refractivity contribution is 0.774. The standard InChI is InChI=1S/C18H23N3.HI/c1-13-4-8-16(9-5-13)15(3)12-20-18(19)21-17-10-6-14(2)7-11-17;/h4-11,15H,12H2,1-3H3,(H3,19,20,21);1H. The number of hydrogen-bond donors (Lipinski definition) is 2. The summed E-state index contributed by atoms with van der Waals surface area (Å²) in [6.45, 7) is 6.99. The first kappa shape index (κ1) is 18.5. The first-order chi connectivity index (χ1) is 10.0. The fraction of sp³-hybridized carbons (Fsp3) is 0.278. The van der Waals surface area contributed by atoms with Crippen LogP contribution in [0.2, 0.25) is 0 Å². The Hall–Kier alpha value is -1.56. The lowest BCUT2D eigenvalue weighted by atomic mass is 10.0. The molecule has 1 atom stereocenters. The van der Waals surface area contributed by atoms with Gasteiger partial charge in [0.05, 0.1) is 0 Å². The summed E-state index contributed by atoms with van der Waals surface area (Å²) in [4.78, 5) is 4.42. The molecule has 2 aromatic carbocycles. The summed E-state index contributed by atoms with van der Waals surface area (Å²) in [7, 11) is 0. The monoisotopic (exact) mass is 409 g/mol. The largest absolute Gasteiger partial charge is 0.370 e. The summed E-state index contributed by atoms with van der Waals surface area (Å²) in [6.07, 6.45) is 0. The molecule has 22 heavy (non-hydrogen) atoms. The predicted octanol–water partition coefficient (Wildman–Crippen LogP) is 4.45. The average molecular weight is 409 g/mol. The highest BCUT2D eigenvalue weighted by Gasteiger charge is 2.04. The number of rotatable bonds is 4. The number of nitrogens with zero attached hydrogens (tertiary/aromatic N) is 1. The minimum atomic E-state index is 0. The summed E-state index contributed by atoms with van der Waals surface area (Å²) in [5, 5.41) is 3.11. The fourth-order valence-corrected chi connectivity index (χ4v) is 2.06. The van der Waals surface area contributed by atoms with Crippen molar-refractivity contribution in [3.05, 3.63) is 65.2 Å². The van der Waals surface area contributed by atoms with Crippen molar-refractivity contribution in [2.24, 2.45) is 10.7 Å². The van der Waals surface area contributed by atoms with Gasteiger partial charge in [-0.2, -0.15) is 0 Å². The van der Waals surface area contributed by atoms with Gasteiger partial charge < -0.3 is 11.1 Å². The van der Waals surface area contributed by atoms with Crippen LogP contribution in [0.3, 0.4) is 0 Å². The van der Waals surface area contributed by atoms with Gasteiger partial charge in [-0.1, -0.05) is 54.4 Å². The van der Waals surface area contributed by atoms with E-state index >= 15 is 0 Å². The molecule has 0 saturated carbocycles. The first-order valence-electron chi connectivity index (χ1n) is 7.25. The number of aliphatic imine (C=N–C) groups is 1. The maximum Gasteiger partial charge on any atom is 0.193 e. The van der Waals surface area contributed by atoms with Crippen LogP contribution < -0.4 is 11.1 Å². The Morgan fingerprint density at radius 1 is 1.00 bits per heavy atom. The van der Waals surface area contributed by atoms with E-state index in [1.807, 2.05) is 24.3 Å². The third kappa shape index (κ3) is 5.67. The minimum Gasteiger partial charge on any atom is -0.370 e. The van der Waals surface area contributed by atoms with E-state index in [0.717, 1.165) is 5.69 Å². The summed E-state index contributed by atoms with van der Waals surface area (Å²) in [5.74, 6) is 0.807. The Morgan fingerprint density at radius 2 is 1.50 bits per heavy atom. The molecular formula is C18H24IN3. The van der Waals surface area contributed by atoms with Gasteiger partial charge in [-0.3, -0.25) is 4.99 Å². The van der Waals surface area contributed by atoms with Crippen molar-refractivity contribution in [2.75, 3.05) is 11.9 Å². The van der Waals surface area contributed by atoms with Gasteiger partial charge >= 0.3 is 0 Å². The highest BCUT2D eigenvalue weighted by atomic mass is 127. The second-order valence-corrected chi connectivity index (χ2v) is 5.53. The molecule has 0 radical (unpaired) electrons. The third-order valence-electron chi connectivity index (χ3n) is 3.51. The molecule has 3 nitrogen and oxygen atoms in total. The molecular weight excluding hydrogens is 385 g/mol. The van der Waals surface area contributed by atoms with Crippen LogP contribution in [0.5, 0.6) is 0 Å². The Labute approximate surface area is 150 Å². The van der Waals surface area contributed by atoms with Gasteiger partial charge in [0.15, 0.2) is 5.96 Å². The van der Waals surface area contributed by atoms with E-state index in [4.69, 9.17) is 5.73 Å². The van der Waals surface area contributed by atoms with E-state index in [-0.39, 0.29) is 24.0 Å². The summed E-state index contributed by atoms with van der Waals surface area (Å²) in [6, 6.07) is 16.7. The van der Waals surface area contributed by atoms with E-state index in [9.17, 15) is 0 Å². The van der Waals surface area contributed by atoms with Gasteiger partial charge in [0.2, 0.25) is 0 Å². The highest BCUT2D eigenvalue weighted by Crippen LogP contribution is 2.16. The zero-order valence-corrected chi connectivity index (χ0v) is 15.7. The Morgan fingerprint density at radius 3 is 2.05 bits per heavy atom. The number of halogens is 1. The number of anilines is 1. The maximum atomic E-state index is 5.93. The van der Waals surface area contributed by atoms with Crippen molar-refractivity contribution in [1.82, 2.24) is 0 Å². The van der Waals surface area contributed by atoms with Crippen LogP contribution in [-0.2, 0) is 0 Å². The van der Waals surface area contributed by atoms with Crippen LogP contribution in [0.1, 0.15) is 29.5 Å². The van der Waals surface area contributed by atoms with E-state index in [1.165, 1.54) is 16.7 Å². The number of nitrogens with two attached hydrogens (primary N) is 1. The van der Waals surface area contributed by atoms with Crippen LogP contribution in [0.15, 0.2) is 53.5 Å². The van der Waals surface area contributed by atoms with E-state index in [2.05, 4.69) is 55.3 Å². The van der Waals surface area contributed by atoms with Gasteiger partial charge in [0.1, 0.15) is 0 Å². The van der Waals surface area contributed by atoms with Crippen LogP contribution in [0.25, 0.3) is 0 Å². The maximum absolute atomic E-state index is 5.93. The van der Waals surface area contributed by atoms with Crippen molar-refractivity contribution in [3.8, 4) is 0 Å². The number of nitrogens with one attached hydrogen (secondary N) is 1. The van der Waals surface area contributed by atoms with Crippen molar-refractivity contribution >= 4 is 35.6 Å². The lowest BCUT2D eigenvalue weighted by Crippen LogP contribution is -2.23. The zero-order valence-electron chi connectivity index (χ0n) is 13.3. The molecule has 0 aliphatic heterocycles. The highest BCUT2D eigenvalue weighted by molar-refractivity contribution is 14.0. The average Bonchev–Trinajstić information content (AvgIpc) is 2.48. The van der Waals surface area contributed by atoms with Crippen LogP contribution in [0.4, 0.5) is 5.69 Å². The molecule has 2 rings (SSSR count). The molecule has 0 spiro atoms. The van der Waals surface area contributed by atoms with E-state index in [0.29, 0.717) is 18.4 Å². The number of guanidine groups is 1. The van der Waals surface area contributed by atoms with Crippen LogP contribution in [0, 0.1) is 13.8 Å². The molecule has 4 heteroatoms. The molecule has 0 amide bonds. The Bertz CT molecular complexity index is 603. The summed E-state index contributed by atoms with van der Waals surface area (Å²) < 4.78 is 0. The molecule has 0 saturated heterocycles. The van der Waals surface area contributed by atoms with Crippen LogP contribution in [-0.4, -0.2) is 12.5 Å². The normalized spacial score (nSPS) is 12.4. The number of hydrogen-bond acceptors (Lipinski definition) is 1. The lowest BCUT2D eigenvalue weighted by Gasteiger charge is -2.11. The molecule has 118 valence electrons. The number of aryl methyl sites for hydroxylation is 2. The Kier molecular flexibility index (Phi) is 7.38. The molecule has 3 N–H and O–H groups in total. The topological polar surface area (TPSA) is 50.4 Å². The molecule has 0 fully saturated rings. The van der Waals surface area contributed by atoms with Gasteiger partial charge in [-0.15, -0.1) is 24.0 Å². The van der Waals surface area contributed by atoms with Crippen LogP contribution >= 0.6 is 24.0 Å². The van der Waals surface area contributed by atoms with Crippen molar-refractivity contribution in [3.63, 3.8) is 0 Å². The molecule has 2 aromatic rings. The van der Waals surface area contributed by atoms with Gasteiger partial charge in [0.25, 0.3) is 0 Å². The molecule has 0 aliphatic rings. The quantitative estimate of drug-likeness (QED) is 0.445. The molecule has 1 unspecified atom stereocenters. The second-order valence-electron chi connectivity index (χ2n) is 5.53. The minimum absolute atomic E-state index is 0. The van der Waals surface area contributed by atoms with E-state index < -0.39 is 0 Å². The molecule has 0 aromatic heterocycles. The fourth-order valence-electron chi connectivity index (χ4n) is 2.06. The summed E-state index contributed by atoms with van der Waals surface area (Å²) in [5.41, 5.74) is 10.7. The Balaban J connectivity index is 0.00000242.